The number of methoxy groups -OCH3 is 2. The summed E-state index contributed by atoms with van der Waals surface area (Å²) in [5, 5.41) is 4.04. The number of anilines is 1. The van der Waals surface area contributed by atoms with E-state index in [0.717, 1.165) is 48.9 Å². The minimum absolute atomic E-state index is 0.00880. The van der Waals surface area contributed by atoms with Crippen LogP contribution in [0.1, 0.15) is 25.7 Å². The average Bonchev–Trinajstić information content (AvgIpc) is 3.50. The van der Waals surface area contributed by atoms with E-state index in [-0.39, 0.29) is 11.8 Å². The number of aromatic nitrogens is 2. The van der Waals surface area contributed by atoms with Crippen LogP contribution in [0.2, 0.25) is 0 Å². The van der Waals surface area contributed by atoms with Crippen molar-refractivity contribution in [1.29, 1.82) is 0 Å². The maximum absolute atomic E-state index is 12.5. The molecule has 1 aliphatic heterocycles. The molecule has 0 radical (unpaired) electrons. The molecule has 7 heteroatoms. The Morgan fingerprint density at radius 2 is 1.92 bits per heavy atom. The Hall–Kier alpha value is -2.57. The van der Waals surface area contributed by atoms with E-state index in [1.54, 1.807) is 20.5 Å². The van der Waals surface area contributed by atoms with Gasteiger partial charge in [-0.1, -0.05) is 0 Å². The first-order valence-corrected chi connectivity index (χ1v) is 9.11. The lowest BCUT2D eigenvalue weighted by molar-refractivity contribution is -0.125. The number of carbonyl (C=O) groups excluding carboxylic acids is 1. The van der Waals surface area contributed by atoms with Crippen molar-refractivity contribution in [3.63, 3.8) is 0 Å². The van der Waals surface area contributed by atoms with Crippen molar-refractivity contribution in [2.24, 2.45) is 5.92 Å². The molecule has 2 heterocycles. The predicted molar refractivity (Wildman–Crippen MR) is 98.7 cm³/mol. The van der Waals surface area contributed by atoms with Crippen molar-refractivity contribution in [1.82, 2.24) is 15.3 Å². The smallest absolute Gasteiger partial charge is 0.225 e. The summed E-state index contributed by atoms with van der Waals surface area (Å²) < 4.78 is 10.8. The maximum atomic E-state index is 12.5. The van der Waals surface area contributed by atoms with Crippen molar-refractivity contribution in [2.75, 3.05) is 32.2 Å². The Balaban J connectivity index is 1.63. The molecule has 1 saturated carbocycles. The summed E-state index contributed by atoms with van der Waals surface area (Å²) in [6, 6.07) is 4.17. The summed E-state index contributed by atoms with van der Waals surface area (Å²) in [5.74, 6) is 2.32. The third kappa shape index (κ3) is 3.25. The van der Waals surface area contributed by atoms with E-state index in [2.05, 4.69) is 20.2 Å². The molecule has 1 aromatic carbocycles. The first kappa shape index (κ1) is 16.9. The molecule has 1 unspecified atom stereocenters. The fourth-order valence-electron chi connectivity index (χ4n) is 3.55. The van der Waals surface area contributed by atoms with Gasteiger partial charge in [-0.3, -0.25) is 4.79 Å². The minimum Gasteiger partial charge on any atom is -0.493 e. The fraction of sp³-hybridized carbons (Fsp3) is 0.526. The highest BCUT2D eigenvalue weighted by Gasteiger charge is 2.31. The van der Waals surface area contributed by atoms with E-state index >= 15 is 0 Å². The number of carbonyl (C=O) groups is 1. The van der Waals surface area contributed by atoms with Crippen molar-refractivity contribution < 1.29 is 14.3 Å². The van der Waals surface area contributed by atoms with Crippen LogP contribution < -0.4 is 19.7 Å². The first-order valence-electron chi connectivity index (χ1n) is 9.11. The van der Waals surface area contributed by atoms with Gasteiger partial charge in [-0.05, 0) is 31.7 Å². The number of rotatable bonds is 5. The molecule has 1 atom stereocenters. The van der Waals surface area contributed by atoms with Crippen LogP contribution in [0.25, 0.3) is 10.9 Å². The van der Waals surface area contributed by atoms with Crippen molar-refractivity contribution in [2.45, 2.75) is 31.7 Å². The van der Waals surface area contributed by atoms with Gasteiger partial charge in [-0.2, -0.15) is 0 Å². The molecule has 1 saturated heterocycles. The largest absolute Gasteiger partial charge is 0.493 e. The van der Waals surface area contributed by atoms with Crippen LogP contribution >= 0.6 is 0 Å². The lowest BCUT2D eigenvalue weighted by Crippen LogP contribution is -2.44. The highest BCUT2D eigenvalue weighted by Crippen LogP contribution is 2.35. The molecule has 2 aliphatic rings. The van der Waals surface area contributed by atoms with Gasteiger partial charge in [-0.25, -0.2) is 9.97 Å². The second-order valence-electron chi connectivity index (χ2n) is 6.99. The van der Waals surface area contributed by atoms with Gasteiger partial charge in [0.2, 0.25) is 5.91 Å². The summed E-state index contributed by atoms with van der Waals surface area (Å²) in [6.45, 7) is 1.56. The Labute approximate surface area is 152 Å². The second kappa shape index (κ2) is 6.97. The highest BCUT2D eigenvalue weighted by atomic mass is 16.5. The topological polar surface area (TPSA) is 76.6 Å². The summed E-state index contributed by atoms with van der Waals surface area (Å²) >= 11 is 0. The molecule has 0 bridgehead atoms. The van der Waals surface area contributed by atoms with Gasteiger partial charge in [0.05, 0.1) is 25.7 Å². The molecule has 1 aromatic heterocycles. The lowest BCUT2D eigenvalue weighted by atomic mass is 9.96. The molecule has 0 spiro atoms. The Morgan fingerprint density at radius 1 is 1.15 bits per heavy atom. The first-order chi connectivity index (χ1) is 12.7. The van der Waals surface area contributed by atoms with Gasteiger partial charge in [-0.15, -0.1) is 0 Å². The zero-order valence-electron chi connectivity index (χ0n) is 15.2. The van der Waals surface area contributed by atoms with Crippen LogP contribution in [0, 0.1) is 5.92 Å². The average molecular weight is 356 g/mol. The minimum atomic E-state index is 0.00880. The van der Waals surface area contributed by atoms with Crippen molar-refractivity contribution >= 4 is 22.6 Å². The molecule has 7 nitrogen and oxygen atoms in total. The van der Waals surface area contributed by atoms with Gasteiger partial charge in [0.15, 0.2) is 11.5 Å². The van der Waals surface area contributed by atoms with Crippen molar-refractivity contribution in [3.05, 3.63) is 18.5 Å². The van der Waals surface area contributed by atoms with E-state index < -0.39 is 0 Å². The number of hydrogen-bond acceptors (Lipinski definition) is 6. The van der Waals surface area contributed by atoms with Gasteiger partial charge in [0.25, 0.3) is 0 Å². The van der Waals surface area contributed by atoms with E-state index in [4.69, 9.17) is 9.47 Å². The second-order valence-corrected chi connectivity index (χ2v) is 6.99. The molecular weight excluding hydrogens is 332 g/mol. The number of piperidine rings is 1. The third-order valence-electron chi connectivity index (χ3n) is 5.14. The number of nitrogens with zero attached hydrogens (tertiary/aromatic N) is 3. The number of hydrogen-bond donors (Lipinski definition) is 1. The third-order valence-corrected chi connectivity index (χ3v) is 5.14. The van der Waals surface area contributed by atoms with Gasteiger partial charge in [0.1, 0.15) is 12.1 Å². The normalized spacial score (nSPS) is 20.1. The summed E-state index contributed by atoms with van der Waals surface area (Å²) in [7, 11) is 3.23. The molecule has 1 amide bonds. The standard InChI is InChI=1S/C19H24N4O3/c1-25-16-8-14-15(9-17(16)26-2)20-11-21-18(14)23-7-3-4-12(10-23)19(24)22-13-5-6-13/h8-9,11-13H,3-7,10H2,1-2H3,(H,22,24). The van der Waals surface area contributed by atoms with Gasteiger partial charge < -0.3 is 19.7 Å². The van der Waals surface area contributed by atoms with Crippen LogP contribution in [-0.4, -0.2) is 49.2 Å². The SMILES string of the molecule is COc1cc2ncnc(N3CCCC(C(=O)NC4CC4)C3)c2cc1OC. The van der Waals surface area contributed by atoms with Crippen LogP contribution in [0.3, 0.4) is 0 Å². The van der Waals surface area contributed by atoms with Crippen LogP contribution in [0.15, 0.2) is 18.5 Å². The van der Waals surface area contributed by atoms with Crippen molar-refractivity contribution in [3.8, 4) is 11.5 Å². The maximum Gasteiger partial charge on any atom is 0.225 e. The fourth-order valence-corrected chi connectivity index (χ4v) is 3.55. The number of fused-ring (bicyclic) bond motifs is 1. The molecule has 2 aromatic rings. The summed E-state index contributed by atoms with van der Waals surface area (Å²) in [6.07, 6.45) is 5.69. The van der Waals surface area contributed by atoms with E-state index in [0.29, 0.717) is 24.1 Å². The Kier molecular flexibility index (Phi) is 4.53. The quantitative estimate of drug-likeness (QED) is 0.885. The Morgan fingerprint density at radius 3 is 2.65 bits per heavy atom. The van der Waals surface area contributed by atoms with E-state index in [1.807, 2.05) is 12.1 Å². The monoisotopic (exact) mass is 356 g/mol. The van der Waals surface area contributed by atoms with Crippen LogP contribution in [0.4, 0.5) is 5.82 Å². The predicted octanol–water partition coefficient (Wildman–Crippen LogP) is 2.14. The van der Waals surface area contributed by atoms with E-state index in [9.17, 15) is 4.79 Å². The van der Waals surface area contributed by atoms with E-state index in [1.165, 1.54) is 0 Å². The lowest BCUT2D eigenvalue weighted by Gasteiger charge is -2.33. The molecule has 1 N–H and O–H groups in total. The van der Waals surface area contributed by atoms with Gasteiger partial charge >= 0.3 is 0 Å². The molecule has 1 aliphatic carbocycles. The molecule has 2 fully saturated rings. The Bertz CT molecular complexity index is 822. The van der Waals surface area contributed by atoms with Crippen LogP contribution in [-0.2, 0) is 4.79 Å². The molecule has 4 rings (SSSR count). The highest BCUT2D eigenvalue weighted by molar-refractivity contribution is 5.92. The molecular formula is C19H24N4O3. The zero-order chi connectivity index (χ0) is 18.1. The van der Waals surface area contributed by atoms with Crippen LogP contribution in [0.5, 0.6) is 11.5 Å². The summed E-state index contributed by atoms with van der Waals surface area (Å²) in [4.78, 5) is 23.5. The number of ether oxygens (including phenoxy) is 2. The number of nitrogens with one attached hydrogen (secondary N) is 1. The number of amides is 1. The van der Waals surface area contributed by atoms with Gasteiger partial charge in [0, 0.05) is 30.6 Å². The molecule has 138 valence electrons. The molecule has 26 heavy (non-hydrogen) atoms. The number of benzene rings is 1. The zero-order valence-corrected chi connectivity index (χ0v) is 15.2. The summed E-state index contributed by atoms with van der Waals surface area (Å²) in [5.41, 5.74) is 0.803.